The van der Waals surface area contributed by atoms with Crippen LogP contribution < -0.4 is 12.9 Å². The number of aryl methyl sites for hydroxylation is 2. The molecule has 44 heavy (non-hydrogen) atoms. The van der Waals surface area contributed by atoms with Gasteiger partial charge in [0.05, 0.1) is 0 Å². The number of allylic oxidation sites excluding steroid dienone is 4. The van der Waals surface area contributed by atoms with Crippen LogP contribution in [0.1, 0.15) is 105 Å². The first-order chi connectivity index (χ1) is 19.1. The van der Waals surface area contributed by atoms with Crippen molar-refractivity contribution in [3.63, 3.8) is 0 Å². The van der Waals surface area contributed by atoms with Crippen molar-refractivity contribution in [1.82, 2.24) is 0 Å². The number of hydrogen-bond donors (Lipinski definition) is 0. The summed E-state index contributed by atoms with van der Waals surface area (Å²) in [5.74, 6) is 0.498. The van der Waals surface area contributed by atoms with Crippen LogP contribution in [-0.4, -0.2) is 7.39 Å². The molecular formula is C39H57Cl3SiTi. The molecule has 0 aliphatic heterocycles. The average Bonchev–Trinajstić information content (AvgIpc) is 3.13. The van der Waals surface area contributed by atoms with Crippen LogP contribution in [0, 0.1) is 5.92 Å². The van der Waals surface area contributed by atoms with E-state index in [-0.39, 0.29) is 48.1 Å². The first kappa shape index (κ1) is 41.0. The number of rotatable bonds is 7. The van der Waals surface area contributed by atoms with Crippen molar-refractivity contribution in [3.8, 4) is 0 Å². The Kier molecular flexibility index (Phi) is 14.6. The maximum atomic E-state index is 2.69. The van der Waals surface area contributed by atoms with Gasteiger partial charge in [0.1, 0.15) is 0 Å². The quantitative estimate of drug-likeness (QED) is 0.215. The summed E-state index contributed by atoms with van der Waals surface area (Å²) in [5.41, 5.74) is 10.9. The topological polar surface area (TPSA) is 0 Å². The second kappa shape index (κ2) is 15.7. The van der Waals surface area contributed by atoms with Gasteiger partial charge in [-0.1, -0.05) is 0 Å². The van der Waals surface area contributed by atoms with Crippen LogP contribution in [0.3, 0.4) is 0 Å². The van der Waals surface area contributed by atoms with Crippen LogP contribution >= 0.6 is 37.2 Å². The molecule has 0 fully saturated rings. The molecule has 0 radical (unpaired) electrons. The molecule has 0 spiro atoms. The summed E-state index contributed by atoms with van der Waals surface area (Å²) in [6, 6.07) is 27.3. The molecule has 0 amide bonds. The van der Waals surface area contributed by atoms with Gasteiger partial charge in [0.25, 0.3) is 0 Å². The van der Waals surface area contributed by atoms with E-state index in [0.717, 1.165) is 12.8 Å². The first-order valence-corrected chi connectivity index (χ1v) is 22.9. The summed E-state index contributed by atoms with van der Waals surface area (Å²) >= 11 is -3.19. The van der Waals surface area contributed by atoms with Gasteiger partial charge >= 0.3 is 258 Å². The molecule has 0 aromatic heterocycles. The number of benzene rings is 3. The van der Waals surface area contributed by atoms with Crippen molar-refractivity contribution < 1.29 is 15.8 Å². The fourth-order valence-electron chi connectivity index (χ4n) is 6.89. The molecule has 5 heteroatoms. The van der Waals surface area contributed by atoms with E-state index in [0.29, 0.717) is 5.92 Å². The summed E-state index contributed by atoms with van der Waals surface area (Å²) in [4.78, 5) is 0. The van der Waals surface area contributed by atoms with Crippen molar-refractivity contribution in [3.05, 3.63) is 110 Å². The third kappa shape index (κ3) is 8.07. The van der Waals surface area contributed by atoms with E-state index in [1.807, 2.05) is 3.88 Å². The SMILES string of the molecule is CCc1cc(CC)c[c]([Ti]([SiH2]c2ccccc2)([C]2=C(C)C(C)=C(C)C2C)[c]2cc(C(C)(C)C)cc(C(C)(C)C)c2)c1.Cl.Cl.Cl. The van der Waals surface area contributed by atoms with Gasteiger partial charge in [-0.2, -0.15) is 0 Å². The van der Waals surface area contributed by atoms with Crippen molar-refractivity contribution in [1.29, 1.82) is 0 Å². The zero-order valence-corrected chi connectivity index (χ0v) is 34.7. The van der Waals surface area contributed by atoms with E-state index >= 15 is 0 Å². The second-order valence-electron chi connectivity index (χ2n) is 14.7. The number of halogens is 3. The summed E-state index contributed by atoms with van der Waals surface area (Å²) in [6.45, 7) is 28.8. The third-order valence-electron chi connectivity index (χ3n) is 9.93. The molecule has 0 N–H and O–H groups in total. The molecule has 0 heterocycles. The molecule has 2 unspecified atom stereocenters. The molecule has 0 nitrogen and oxygen atoms in total. The normalized spacial score (nSPS) is 16.9. The van der Waals surface area contributed by atoms with E-state index < -0.39 is 23.2 Å². The van der Waals surface area contributed by atoms with Crippen LogP contribution in [0.5, 0.6) is 0 Å². The summed E-state index contributed by atoms with van der Waals surface area (Å²) in [7, 11) is -0.703. The molecule has 2 atom stereocenters. The Labute approximate surface area is 293 Å². The zero-order chi connectivity index (χ0) is 30.3. The Morgan fingerprint density at radius 2 is 1.09 bits per heavy atom. The standard InChI is InChI=1S/C14H21.C10H13.C9H13.C6H7Si.3ClH.Ti/c1-13(2,3)11-8-7-9-12(10-11)14(4,5)6;1-3-9-6-5-7-10(4-2)8-9;1-6-5-7(2)9(4)8(6)3;7-6-4-2-1-3-5-6;;;;/h8-10H,1-6H3;6-8H,3-4H2,1-2H3;6H,1-4H3;1-5H,7H2;3*1H;. The minimum Gasteiger partial charge on any atom is -0.147 e. The van der Waals surface area contributed by atoms with Crippen molar-refractivity contribution >= 4 is 57.5 Å². The minimum absolute atomic E-state index is 0. The predicted molar refractivity (Wildman–Crippen MR) is 205 cm³/mol. The molecule has 0 saturated carbocycles. The molecule has 3 aromatic rings. The van der Waals surface area contributed by atoms with E-state index in [4.69, 9.17) is 0 Å². The summed E-state index contributed by atoms with van der Waals surface area (Å²) < 4.78 is 5.22. The molecule has 1 aliphatic rings. The van der Waals surface area contributed by atoms with Gasteiger partial charge in [0.15, 0.2) is 0 Å². The second-order valence-corrected chi connectivity index (χ2v) is 27.4. The van der Waals surface area contributed by atoms with E-state index in [2.05, 4.69) is 150 Å². The van der Waals surface area contributed by atoms with Crippen molar-refractivity contribution in [2.24, 2.45) is 5.92 Å². The zero-order valence-electron chi connectivity index (χ0n) is 29.3. The summed E-state index contributed by atoms with van der Waals surface area (Å²) in [6.07, 6.45) is 2.18. The van der Waals surface area contributed by atoms with E-state index in [9.17, 15) is 0 Å². The molecule has 242 valence electrons. The van der Waals surface area contributed by atoms with Gasteiger partial charge in [-0.25, -0.2) is 0 Å². The monoisotopic (exact) mass is 706 g/mol. The largest absolute Gasteiger partial charge is 0.147 e. The van der Waals surface area contributed by atoms with E-state index in [1.165, 1.54) is 27.8 Å². The fraction of sp³-hybridized carbons (Fsp3) is 0.436. The van der Waals surface area contributed by atoms with Gasteiger partial charge in [0.2, 0.25) is 0 Å². The van der Waals surface area contributed by atoms with Crippen molar-refractivity contribution in [2.75, 3.05) is 0 Å². The van der Waals surface area contributed by atoms with E-state index in [1.54, 1.807) is 24.1 Å². The van der Waals surface area contributed by atoms with Gasteiger partial charge in [-0.15, -0.1) is 37.2 Å². The third-order valence-corrected chi connectivity index (χ3v) is 27.4. The molecule has 0 bridgehead atoms. The minimum atomic E-state index is -3.19. The van der Waals surface area contributed by atoms with Crippen LogP contribution in [0.15, 0.2) is 87.3 Å². The fourth-order valence-corrected chi connectivity index (χ4v) is 26.3. The Bertz CT molecular complexity index is 1440. The van der Waals surface area contributed by atoms with Gasteiger partial charge in [-0.3, -0.25) is 0 Å². The van der Waals surface area contributed by atoms with Gasteiger partial charge in [0, 0.05) is 0 Å². The Hall–Kier alpha value is -1.06. The maximum Gasteiger partial charge on any atom is -0.147 e. The Morgan fingerprint density at radius 1 is 0.636 bits per heavy atom. The molecule has 1 aliphatic carbocycles. The molecular weight excluding hydrogens is 651 g/mol. The molecule has 3 aromatic carbocycles. The predicted octanol–water partition coefficient (Wildman–Crippen LogP) is 9.45. The van der Waals surface area contributed by atoms with Gasteiger partial charge < -0.3 is 0 Å². The molecule has 0 saturated heterocycles. The smallest absolute Gasteiger partial charge is 0.147 e. The van der Waals surface area contributed by atoms with Gasteiger partial charge in [-0.05, 0) is 0 Å². The average molecular weight is 708 g/mol. The van der Waals surface area contributed by atoms with Crippen LogP contribution in [0.2, 0.25) is 0 Å². The Balaban J connectivity index is 0.00000323. The van der Waals surface area contributed by atoms with Crippen LogP contribution in [-0.2, 0) is 39.5 Å². The Morgan fingerprint density at radius 3 is 1.48 bits per heavy atom. The molecule has 4 rings (SSSR count). The van der Waals surface area contributed by atoms with Crippen LogP contribution in [0.4, 0.5) is 0 Å². The number of hydrogen-bond acceptors (Lipinski definition) is 0. The van der Waals surface area contributed by atoms with Crippen molar-refractivity contribution in [2.45, 2.75) is 107 Å². The first-order valence-electron chi connectivity index (χ1n) is 15.9. The van der Waals surface area contributed by atoms with Crippen LogP contribution in [0.25, 0.3) is 0 Å². The maximum absolute atomic E-state index is 3.19. The summed E-state index contributed by atoms with van der Waals surface area (Å²) in [5, 5.41) is 1.61.